The number of benzene rings is 2. The SMILES string of the molecule is Cc1ccc([C@H](C(=O)NC(C)(C)C)N(C(=O)c2csnn2)c2ccccc2)cc1. The Kier molecular flexibility index (Phi) is 6.08. The van der Waals surface area contributed by atoms with Crippen LogP contribution < -0.4 is 10.2 Å². The molecular weight excluding hydrogens is 384 g/mol. The molecule has 3 rings (SSSR count). The van der Waals surface area contributed by atoms with Crippen LogP contribution in [0.2, 0.25) is 0 Å². The van der Waals surface area contributed by atoms with Crippen LogP contribution in [0.1, 0.15) is 48.4 Å². The lowest BCUT2D eigenvalue weighted by Crippen LogP contribution is -2.49. The Morgan fingerprint density at radius 2 is 1.69 bits per heavy atom. The van der Waals surface area contributed by atoms with E-state index in [4.69, 9.17) is 0 Å². The van der Waals surface area contributed by atoms with Crippen LogP contribution >= 0.6 is 11.5 Å². The largest absolute Gasteiger partial charge is 0.349 e. The van der Waals surface area contributed by atoms with Gasteiger partial charge in [0.2, 0.25) is 5.91 Å². The van der Waals surface area contributed by atoms with E-state index in [1.165, 1.54) is 4.90 Å². The fraction of sp³-hybridized carbons (Fsp3) is 0.273. The highest BCUT2D eigenvalue weighted by Gasteiger charge is 2.35. The van der Waals surface area contributed by atoms with Crippen LogP contribution in [0, 0.1) is 6.92 Å². The van der Waals surface area contributed by atoms with E-state index in [0.717, 1.165) is 22.7 Å². The number of aryl methyl sites for hydroxylation is 1. The molecule has 6 nitrogen and oxygen atoms in total. The van der Waals surface area contributed by atoms with E-state index < -0.39 is 11.6 Å². The van der Waals surface area contributed by atoms with Gasteiger partial charge in [-0.1, -0.05) is 52.5 Å². The van der Waals surface area contributed by atoms with E-state index in [0.29, 0.717) is 5.69 Å². The predicted molar refractivity (Wildman–Crippen MR) is 115 cm³/mol. The third-order valence-electron chi connectivity index (χ3n) is 4.23. The molecule has 29 heavy (non-hydrogen) atoms. The van der Waals surface area contributed by atoms with Gasteiger partial charge in [-0.3, -0.25) is 14.5 Å². The zero-order valence-corrected chi connectivity index (χ0v) is 17.7. The second-order valence-corrected chi connectivity index (χ2v) is 8.46. The van der Waals surface area contributed by atoms with Gasteiger partial charge in [-0.25, -0.2) is 0 Å². The summed E-state index contributed by atoms with van der Waals surface area (Å²) in [6, 6.07) is 15.9. The van der Waals surface area contributed by atoms with Gasteiger partial charge in [0.15, 0.2) is 5.69 Å². The number of para-hydroxylation sites is 1. The number of hydrogen-bond acceptors (Lipinski definition) is 5. The molecule has 0 unspecified atom stereocenters. The molecule has 3 aromatic rings. The number of nitrogens with zero attached hydrogens (tertiary/aromatic N) is 3. The summed E-state index contributed by atoms with van der Waals surface area (Å²) in [5.74, 6) is -0.638. The zero-order chi connectivity index (χ0) is 21.0. The van der Waals surface area contributed by atoms with Gasteiger partial charge in [0.25, 0.3) is 5.91 Å². The van der Waals surface area contributed by atoms with Gasteiger partial charge in [0.1, 0.15) is 6.04 Å². The number of amides is 2. The molecular formula is C22H24N4O2S. The van der Waals surface area contributed by atoms with Crippen LogP contribution in [0.4, 0.5) is 5.69 Å². The molecule has 150 valence electrons. The molecule has 1 N–H and O–H groups in total. The Hall–Kier alpha value is -3.06. The normalized spacial score (nSPS) is 12.3. The first-order valence-electron chi connectivity index (χ1n) is 9.30. The Morgan fingerprint density at radius 3 is 2.24 bits per heavy atom. The summed E-state index contributed by atoms with van der Waals surface area (Å²) in [4.78, 5) is 28.3. The monoisotopic (exact) mass is 408 g/mol. The first-order chi connectivity index (χ1) is 13.8. The second-order valence-electron chi connectivity index (χ2n) is 7.85. The molecule has 0 spiro atoms. The molecule has 1 atom stereocenters. The van der Waals surface area contributed by atoms with Crippen LogP contribution in [0.3, 0.4) is 0 Å². The minimum atomic E-state index is -0.855. The zero-order valence-electron chi connectivity index (χ0n) is 16.9. The number of rotatable bonds is 5. The molecule has 2 amide bonds. The highest BCUT2D eigenvalue weighted by Crippen LogP contribution is 2.30. The van der Waals surface area contributed by atoms with Crippen molar-refractivity contribution in [3.8, 4) is 0 Å². The van der Waals surface area contributed by atoms with Crippen molar-refractivity contribution >= 4 is 29.0 Å². The molecule has 2 aromatic carbocycles. The molecule has 1 heterocycles. The van der Waals surface area contributed by atoms with Crippen molar-refractivity contribution in [1.82, 2.24) is 14.9 Å². The van der Waals surface area contributed by atoms with Crippen molar-refractivity contribution in [2.75, 3.05) is 4.90 Å². The van der Waals surface area contributed by atoms with Crippen molar-refractivity contribution < 1.29 is 9.59 Å². The van der Waals surface area contributed by atoms with Gasteiger partial charge in [-0.05, 0) is 56.9 Å². The van der Waals surface area contributed by atoms with Crippen molar-refractivity contribution in [2.45, 2.75) is 39.3 Å². The number of hydrogen-bond donors (Lipinski definition) is 1. The Labute approximate surface area is 174 Å². The van der Waals surface area contributed by atoms with E-state index in [1.807, 2.05) is 82.3 Å². The first-order valence-corrected chi connectivity index (χ1v) is 10.1. The molecule has 0 bridgehead atoms. The molecule has 0 radical (unpaired) electrons. The van der Waals surface area contributed by atoms with Gasteiger partial charge in [-0.15, -0.1) is 5.10 Å². The van der Waals surface area contributed by atoms with E-state index >= 15 is 0 Å². The maximum Gasteiger partial charge on any atom is 0.280 e. The highest BCUT2D eigenvalue weighted by atomic mass is 32.1. The van der Waals surface area contributed by atoms with Gasteiger partial charge in [-0.2, -0.15) is 0 Å². The van der Waals surface area contributed by atoms with Crippen LogP contribution in [0.15, 0.2) is 60.0 Å². The molecule has 0 aliphatic carbocycles. The minimum Gasteiger partial charge on any atom is -0.349 e. The lowest BCUT2D eigenvalue weighted by molar-refractivity contribution is -0.123. The molecule has 0 aliphatic rings. The Morgan fingerprint density at radius 1 is 1.03 bits per heavy atom. The third-order valence-corrected chi connectivity index (χ3v) is 4.73. The van der Waals surface area contributed by atoms with Crippen molar-refractivity contribution in [3.63, 3.8) is 0 Å². The fourth-order valence-electron chi connectivity index (χ4n) is 2.96. The summed E-state index contributed by atoms with van der Waals surface area (Å²) in [5, 5.41) is 8.54. The smallest absolute Gasteiger partial charge is 0.280 e. The molecule has 0 fully saturated rings. The number of aromatic nitrogens is 2. The Bertz CT molecular complexity index is 964. The van der Waals surface area contributed by atoms with E-state index in [1.54, 1.807) is 5.38 Å². The summed E-state index contributed by atoms with van der Waals surface area (Å²) in [6.45, 7) is 7.72. The van der Waals surface area contributed by atoms with E-state index in [2.05, 4.69) is 14.9 Å². The van der Waals surface area contributed by atoms with Crippen molar-refractivity contribution in [2.24, 2.45) is 0 Å². The van der Waals surface area contributed by atoms with Gasteiger partial charge < -0.3 is 5.32 Å². The number of carbonyl (C=O) groups excluding carboxylic acids is 2. The minimum absolute atomic E-state index is 0.208. The lowest BCUT2D eigenvalue weighted by atomic mass is 9.99. The van der Waals surface area contributed by atoms with Crippen LogP contribution in [-0.4, -0.2) is 26.9 Å². The van der Waals surface area contributed by atoms with Crippen LogP contribution in [0.5, 0.6) is 0 Å². The van der Waals surface area contributed by atoms with Gasteiger partial charge in [0, 0.05) is 16.6 Å². The van der Waals surface area contributed by atoms with Gasteiger partial charge in [0.05, 0.1) is 0 Å². The molecule has 0 aliphatic heterocycles. The van der Waals surface area contributed by atoms with Crippen molar-refractivity contribution in [1.29, 1.82) is 0 Å². The maximum absolute atomic E-state index is 13.4. The second kappa shape index (κ2) is 8.53. The highest BCUT2D eigenvalue weighted by molar-refractivity contribution is 7.03. The summed E-state index contributed by atoms with van der Waals surface area (Å²) in [7, 11) is 0. The van der Waals surface area contributed by atoms with Crippen LogP contribution in [-0.2, 0) is 4.79 Å². The third kappa shape index (κ3) is 5.06. The van der Waals surface area contributed by atoms with Crippen molar-refractivity contribution in [3.05, 3.63) is 76.8 Å². The fourth-order valence-corrected chi connectivity index (χ4v) is 3.39. The van der Waals surface area contributed by atoms with Crippen LogP contribution in [0.25, 0.3) is 0 Å². The molecule has 7 heteroatoms. The molecule has 0 saturated carbocycles. The summed E-state index contributed by atoms with van der Waals surface area (Å²) in [6.07, 6.45) is 0. The topological polar surface area (TPSA) is 75.2 Å². The van der Waals surface area contributed by atoms with E-state index in [-0.39, 0.29) is 17.5 Å². The quantitative estimate of drug-likeness (QED) is 0.688. The average Bonchev–Trinajstić information content (AvgIpc) is 3.20. The first kappa shape index (κ1) is 20.7. The number of anilines is 1. The van der Waals surface area contributed by atoms with E-state index in [9.17, 15) is 9.59 Å². The summed E-state index contributed by atoms with van der Waals surface area (Å²) in [5.41, 5.74) is 2.16. The number of carbonyl (C=O) groups is 2. The average molecular weight is 409 g/mol. The molecule has 0 saturated heterocycles. The lowest BCUT2D eigenvalue weighted by Gasteiger charge is -2.33. The Balaban J connectivity index is 2.15. The number of nitrogens with one attached hydrogen (secondary N) is 1. The summed E-state index contributed by atoms with van der Waals surface area (Å²) >= 11 is 1.10. The summed E-state index contributed by atoms with van der Waals surface area (Å²) < 4.78 is 3.81. The van der Waals surface area contributed by atoms with Gasteiger partial charge >= 0.3 is 0 Å². The maximum atomic E-state index is 13.4. The standard InChI is InChI=1S/C22H24N4O2S/c1-15-10-12-16(13-11-15)19(20(27)23-22(2,3)4)26(17-8-6-5-7-9-17)21(28)18-14-29-25-24-18/h5-14,19H,1-4H3,(H,23,27)/t19-/m1/s1. The molecule has 1 aromatic heterocycles. The predicted octanol–water partition coefficient (Wildman–Crippen LogP) is 4.15.